The lowest BCUT2D eigenvalue weighted by Gasteiger charge is -2.20. The van der Waals surface area contributed by atoms with Crippen LogP contribution in [0.5, 0.6) is 5.75 Å². The Morgan fingerprint density at radius 1 is 1.10 bits per heavy atom. The predicted octanol–water partition coefficient (Wildman–Crippen LogP) is 3.40. The van der Waals surface area contributed by atoms with Gasteiger partial charge in [0.1, 0.15) is 11.6 Å². The molecule has 1 aliphatic heterocycles. The molecule has 3 aromatic rings. The number of hydrogen-bond acceptors (Lipinski definition) is 5. The van der Waals surface area contributed by atoms with E-state index in [-0.39, 0.29) is 17.2 Å². The monoisotopic (exact) mass is 412 g/mol. The van der Waals surface area contributed by atoms with E-state index in [1.807, 2.05) is 0 Å². The number of benzene rings is 2. The van der Waals surface area contributed by atoms with Gasteiger partial charge in [-0.2, -0.15) is 0 Å². The summed E-state index contributed by atoms with van der Waals surface area (Å²) in [6.07, 6.45) is 3.26. The molecule has 0 saturated carbocycles. The van der Waals surface area contributed by atoms with E-state index in [2.05, 4.69) is 9.88 Å². The predicted molar refractivity (Wildman–Crippen MR) is 114 cm³/mol. The van der Waals surface area contributed by atoms with Crippen molar-refractivity contribution < 1.29 is 19.3 Å². The van der Waals surface area contributed by atoms with E-state index in [1.54, 1.807) is 36.5 Å². The van der Waals surface area contributed by atoms with Crippen molar-refractivity contribution in [3.05, 3.63) is 58.6 Å². The third-order valence-corrected chi connectivity index (χ3v) is 5.45. The molecule has 6 nitrogen and oxygen atoms in total. The minimum absolute atomic E-state index is 0.0831. The summed E-state index contributed by atoms with van der Waals surface area (Å²) < 4.78 is 20.2. The molecule has 0 unspecified atom stereocenters. The number of ether oxygens (including phenoxy) is 1. The van der Waals surface area contributed by atoms with Crippen molar-refractivity contribution >= 4 is 16.6 Å². The van der Waals surface area contributed by atoms with Crippen molar-refractivity contribution in [2.45, 2.75) is 32.0 Å². The van der Waals surface area contributed by atoms with Gasteiger partial charge in [0.15, 0.2) is 11.7 Å². The van der Waals surface area contributed by atoms with Crippen molar-refractivity contribution in [2.24, 2.45) is 0 Å². The Morgan fingerprint density at radius 3 is 2.53 bits per heavy atom. The molecule has 2 aromatic carbocycles. The lowest BCUT2D eigenvalue weighted by Crippen LogP contribution is -2.19. The second kappa shape index (κ2) is 8.85. The number of aromatic amines is 1. The fourth-order valence-electron chi connectivity index (χ4n) is 3.90. The quantitative estimate of drug-likeness (QED) is 0.409. The van der Waals surface area contributed by atoms with Gasteiger partial charge < -0.3 is 24.8 Å². The number of pyridine rings is 1. The SMILES string of the molecule is O=c1c(-c2ccc(OCCCC(O)O)cc2)c[nH]c2c(N3CCCC3)ccc(F)c12. The van der Waals surface area contributed by atoms with Crippen LogP contribution in [0.2, 0.25) is 0 Å². The molecule has 1 saturated heterocycles. The fraction of sp³-hybridized carbons (Fsp3) is 0.348. The third kappa shape index (κ3) is 4.17. The number of anilines is 1. The van der Waals surface area contributed by atoms with Gasteiger partial charge in [-0.3, -0.25) is 4.79 Å². The van der Waals surface area contributed by atoms with E-state index in [0.717, 1.165) is 31.6 Å². The van der Waals surface area contributed by atoms with Gasteiger partial charge in [-0.15, -0.1) is 0 Å². The molecular weight excluding hydrogens is 387 g/mol. The summed E-state index contributed by atoms with van der Waals surface area (Å²) in [6, 6.07) is 10.1. The first-order chi connectivity index (χ1) is 14.5. The number of H-pyrrole nitrogens is 1. The zero-order valence-electron chi connectivity index (χ0n) is 16.6. The van der Waals surface area contributed by atoms with Crippen LogP contribution in [0.15, 0.2) is 47.4 Å². The summed E-state index contributed by atoms with van der Waals surface area (Å²) >= 11 is 0. The smallest absolute Gasteiger partial charge is 0.200 e. The highest BCUT2D eigenvalue weighted by Gasteiger charge is 2.19. The van der Waals surface area contributed by atoms with Crippen LogP contribution in [-0.2, 0) is 0 Å². The molecule has 1 aromatic heterocycles. The molecule has 0 bridgehead atoms. The molecule has 1 fully saturated rings. The van der Waals surface area contributed by atoms with Crippen LogP contribution in [0, 0.1) is 5.82 Å². The highest BCUT2D eigenvalue weighted by molar-refractivity contribution is 5.93. The highest BCUT2D eigenvalue weighted by atomic mass is 19.1. The number of nitrogens with one attached hydrogen (secondary N) is 1. The average Bonchev–Trinajstić information content (AvgIpc) is 3.27. The minimum atomic E-state index is -1.33. The maximum Gasteiger partial charge on any atom is 0.200 e. The van der Waals surface area contributed by atoms with Crippen LogP contribution in [0.3, 0.4) is 0 Å². The summed E-state index contributed by atoms with van der Waals surface area (Å²) in [5.41, 5.74) is 2.13. The molecule has 3 N–H and O–H groups in total. The second-order valence-electron chi connectivity index (χ2n) is 7.54. The molecule has 0 aliphatic carbocycles. The number of halogens is 1. The summed E-state index contributed by atoms with van der Waals surface area (Å²) in [5, 5.41) is 17.8. The van der Waals surface area contributed by atoms with E-state index in [0.29, 0.717) is 35.4 Å². The summed E-state index contributed by atoms with van der Waals surface area (Å²) in [7, 11) is 0. The number of rotatable bonds is 7. The maximum atomic E-state index is 14.6. The van der Waals surface area contributed by atoms with Crippen molar-refractivity contribution in [3.63, 3.8) is 0 Å². The zero-order valence-corrected chi connectivity index (χ0v) is 16.6. The van der Waals surface area contributed by atoms with Crippen molar-refractivity contribution in [2.75, 3.05) is 24.6 Å². The van der Waals surface area contributed by atoms with Gasteiger partial charge in [-0.05, 0) is 49.1 Å². The first-order valence-corrected chi connectivity index (χ1v) is 10.2. The van der Waals surface area contributed by atoms with E-state index in [9.17, 15) is 9.18 Å². The number of hydrogen-bond donors (Lipinski definition) is 3. The molecule has 1 aliphatic rings. The van der Waals surface area contributed by atoms with Gasteiger partial charge in [0.2, 0.25) is 0 Å². The Morgan fingerprint density at radius 2 is 1.83 bits per heavy atom. The first kappa shape index (κ1) is 20.4. The lowest BCUT2D eigenvalue weighted by molar-refractivity contribution is -0.0479. The Hall–Kier alpha value is -2.90. The van der Waals surface area contributed by atoms with Gasteiger partial charge in [0.05, 0.1) is 23.2 Å². The Kier molecular flexibility index (Phi) is 6.01. The van der Waals surface area contributed by atoms with E-state index in [4.69, 9.17) is 14.9 Å². The molecule has 0 radical (unpaired) electrons. The minimum Gasteiger partial charge on any atom is -0.494 e. The first-order valence-electron chi connectivity index (χ1n) is 10.2. The molecule has 0 atom stereocenters. The Balaban J connectivity index is 1.61. The maximum absolute atomic E-state index is 14.6. The molecule has 30 heavy (non-hydrogen) atoms. The highest BCUT2D eigenvalue weighted by Crippen LogP contribution is 2.30. The lowest BCUT2D eigenvalue weighted by atomic mass is 10.0. The van der Waals surface area contributed by atoms with E-state index in [1.165, 1.54) is 6.07 Å². The van der Waals surface area contributed by atoms with Gasteiger partial charge in [0.25, 0.3) is 0 Å². The normalized spacial score (nSPS) is 14.1. The molecular formula is C23H25FN2O4. The number of aliphatic hydroxyl groups is 2. The van der Waals surface area contributed by atoms with Crippen LogP contribution in [0.25, 0.3) is 22.0 Å². The summed E-state index contributed by atoms with van der Waals surface area (Å²) in [4.78, 5) is 18.5. The van der Waals surface area contributed by atoms with Crippen molar-refractivity contribution in [3.8, 4) is 16.9 Å². The van der Waals surface area contributed by atoms with Gasteiger partial charge in [-0.1, -0.05) is 12.1 Å². The molecule has 0 spiro atoms. The zero-order chi connectivity index (χ0) is 21.1. The van der Waals surface area contributed by atoms with Gasteiger partial charge in [-0.25, -0.2) is 4.39 Å². The molecule has 4 rings (SSSR count). The second-order valence-corrected chi connectivity index (χ2v) is 7.54. The van der Waals surface area contributed by atoms with Gasteiger partial charge in [0, 0.05) is 31.3 Å². The van der Waals surface area contributed by atoms with Crippen molar-refractivity contribution in [1.29, 1.82) is 0 Å². The molecule has 158 valence electrons. The van der Waals surface area contributed by atoms with Crippen LogP contribution in [0.1, 0.15) is 25.7 Å². The Bertz CT molecular complexity index is 1070. The van der Waals surface area contributed by atoms with Crippen LogP contribution >= 0.6 is 0 Å². The number of aliphatic hydroxyl groups excluding tert-OH is 1. The number of nitrogens with zero attached hydrogens (tertiary/aromatic N) is 1. The topological polar surface area (TPSA) is 85.8 Å². The van der Waals surface area contributed by atoms with Gasteiger partial charge >= 0.3 is 0 Å². The van der Waals surface area contributed by atoms with Crippen LogP contribution < -0.4 is 15.1 Å². The van der Waals surface area contributed by atoms with E-state index < -0.39 is 12.1 Å². The van der Waals surface area contributed by atoms with Crippen molar-refractivity contribution in [1.82, 2.24) is 4.98 Å². The number of fused-ring (bicyclic) bond motifs is 1. The van der Waals surface area contributed by atoms with Crippen LogP contribution in [0.4, 0.5) is 10.1 Å². The Labute approximate surface area is 173 Å². The fourth-order valence-corrected chi connectivity index (χ4v) is 3.90. The standard InChI is InChI=1S/C23H25FN2O4/c24-18-9-10-19(26-11-1-2-12-26)22-21(18)23(29)17(14-25-22)15-5-7-16(8-6-15)30-13-3-4-20(27)28/h5-10,14,20,27-28H,1-4,11-13H2,(H,25,29). The summed E-state index contributed by atoms with van der Waals surface area (Å²) in [5.74, 6) is 0.0907. The van der Waals surface area contributed by atoms with Crippen LogP contribution in [-0.4, -0.2) is 41.2 Å². The largest absolute Gasteiger partial charge is 0.494 e. The number of aromatic nitrogens is 1. The van der Waals surface area contributed by atoms with E-state index >= 15 is 0 Å². The molecule has 0 amide bonds. The molecule has 2 heterocycles. The summed E-state index contributed by atoms with van der Waals surface area (Å²) in [6.45, 7) is 2.17. The average molecular weight is 412 g/mol. The third-order valence-electron chi connectivity index (χ3n) is 5.45. The molecule has 7 heteroatoms.